The summed E-state index contributed by atoms with van der Waals surface area (Å²) >= 11 is 3.79. The molecule has 0 bridgehead atoms. The van der Waals surface area contributed by atoms with Crippen LogP contribution in [0.5, 0.6) is 0 Å². The standard InChI is InChI=1S/C11H21Br/c1-8(2)11(12)9(3)7-10-5-4-6-10/h8-11H,4-7H2,1-3H3. The second-order valence-electron chi connectivity index (χ2n) is 4.70. The van der Waals surface area contributed by atoms with Gasteiger partial charge < -0.3 is 0 Å². The van der Waals surface area contributed by atoms with Crippen molar-refractivity contribution in [2.75, 3.05) is 0 Å². The Balaban J connectivity index is 2.21. The summed E-state index contributed by atoms with van der Waals surface area (Å²) in [5.74, 6) is 2.69. The average molecular weight is 233 g/mol. The predicted molar refractivity (Wildman–Crippen MR) is 58.7 cm³/mol. The van der Waals surface area contributed by atoms with Crippen LogP contribution >= 0.6 is 15.9 Å². The molecule has 0 radical (unpaired) electrons. The van der Waals surface area contributed by atoms with Crippen LogP contribution in [0.4, 0.5) is 0 Å². The number of rotatable bonds is 4. The third kappa shape index (κ3) is 2.76. The molecular formula is C11H21Br. The van der Waals surface area contributed by atoms with Gasteiger partial charge in [0.2, 0.25) is 0 Å². The molecule has 0 nitrogen and oxygen atoms in total. The molecule has 1 heteroatoms. The second-order valence-corrected chi connectivity index (χ2v) is 5.76. The molecule has 0 aromatic rings. The van der Waals surface area contributed by atoms with Gasteiger partial charge in [0.15, 0.2) is 0 Å². The van der Waals surface area contributed by atoms with Crippen LogP contribution in [0.2, 0.25) is 0 Å². The first-order valence-corrected chi connectivity index (χ1v) is 6.17. The van der Waals surface area contributed by atoms with Crippen LogP contribution < -0.4 is 0 Å². The molecule has 12 heavy (non-hydrogen) atoms. The zero-order valence-electron chi connectivity index (χ0n) is 8.52. The molecule has 0 N–H and O–H groups in total. The Morgan fingerprint density at radius 1 is 1.25 bits per heavy atom. The van der Waals surface area contributed by atoms with E-state index < -0.39 is 0 Å². The highest BCUT2D eigenvalue weighted by Crippen LogP contribution is 2.35. The average Bonchev–Trinajstić information content (AvgIpc) is 1.94. The summed E-state index contributed by atoms with van der Waals surface area (Å²) in [5.41, 5.74) is 0. The molecule has 1 rings (SSSR count). The van der Waals surface area contributed by atoms with E-state index in [1.54, 1.807) is 0 Å². The minimum absolute atomic E-state index is 0.720. The van der Waals surface area contributed by atoms with Gasteiger partial charge >= 0.3 is 0 Å². The molecular weight excluding hydrogens is 212 g/mol. The van der Waals surface area contributed by atoms with Gasteiger partial charge in [-0.3, -0.25) is 0 Å². The lowest BCUT2D eigenvalue weighted by Crippen LogP contribution is -2.23. The smallest absolute Gasteiger partial charge is 0.0194 e. The first kappa shape index (κ1) is 10.6. The van der Waals surface area contributed by atoms with Crippen LogP contribution in [0.3, 0.4) is 0 Å². The third-order valence-corrected chi connectivity index (χ3v) is 5.07. The first-order chi connectivity index (χ1) is 5.61. The molecule has 0 spiro atoms. The Kier molecular flexibility index (Phi) is 4.09. The topological polar surface area (TPSA) is 0 Å². The monoisotopic (exact) mass is 232 g/mol. The predicted octanol–water partition coefficient (Wildman–Crippen LogP) is 4.23. The van der Waals surface area contributed by atoms with E-state index >= 15 is 0 Å². The summed E-state index contributed by atoms with van der Waals surface area (Å²) < 4.78 is 0. The third-order valence-electron chi connectivity index (χ3n) is 3.11. The van der Waals surface area contributed by atoms with Crippen molar-refractivity contribution in [2.45, 2.75) is 51.3 Å². The normalized spacial score (nSPS) is 23.8. The molecule has 0 aromatic carbocycles. The van der Waals surface area contributed by atoms with Crippen molar-refractivity contribution in [2.24, 2.45) is 17.8 Å². The Labute approximate surface area is 85.3 Å². The van der Waals surface area contributed by atoms with Gasteiger partial charge in [0, 0.05) is 4.83 Å². The van der Waals surface area contributed by atoms with E-state index in [0.717, 1.165) is 22.6 Å². The SMILES string of the molecule is CC(C)C(Br)C(C)CC1CCC1. The fourth-order valence-electron chi connectivity index (χ4n) is 2.04. The van der Waals surface area contributed by atoms with Crippen molar-refractivity contribution in [3.05, 3.63) is 0 Å². The zero-order valence-corrected chi connectivity index (χ0v) is 10.1. The molecule has 1 fully saturated rings. The molecule has 0 aromatic heterocycles. The van der Waals surface area contributed by atoms with Crippen LogP contribution in [0.15, 0.2) is 0 Å². The molecule has 2 atom stereocenters. The van der Waals surface area contributed by atoms with Crippen LogP contribution in [-0.2, 0) is 0 Å². The fourth-order valence-corrected chi connectivity index (χ4v) is 2.26. The van der Waals surface area contributed by atoms with Gasteiger partial charge in [-0.1, -0.05) is 56.0 Å². The summed E-state index contributed by atoms with van der Waals surface area (Å²) in [6.07, 6.45) is 5.89. The molecule has 2 unspecified atom stereocenters. The molecule has 0 heterocycles. The van der Waals surface area contributed by atoms with Crippen LogP contribution in [-0.4, -0.2) is 4.83 Å². The van der Waals surface area contributed by atoms with Crippen molar-refractivity contribution >= 4 is 15.9 Å². The van der Waals surface area contributed by atoms with Crippen LogP contribution in [0.25, 0.3) is 0 Å². The molecule has 0 aliphatic heterocycles. The fraction of sp³-hybridized carbons (Fsp3) is 1.00. The van der Waals surface area contributed by atoms with E-state index in [0.29, 0.717) is 0 Å². The molecule has 1 aliphatic rings. The Morgan fingerprint density at radius 3 is 2.17 bits per heavy atom. The number of hydrogen-bond donors (Lipinski definition) is 0. The zero-order chi connectivity index (χ0) is 9.14. The van der Waals surface area contributed by atoms with E-state index in [-0.39, 0.29) is 0 Å². The number of alkyl halides is 1. The Hall–Kier alpha value is 0.480. The minimum atomic E-state index is 0.720. The molecule has 1 saturated carbocycles. The maximum absolute atomic E-state index is 3.79. The number of halogens is 1. The maximum atomic E-state index is 3.79. The van der Waals surface area contributed by atoms with Crippen molar-refractivity contribution in [1.29, 1.82) is 0 Å². The van der Waals surface area contributed by atoms with E-state index in [1.165, 1.54) is 25.7 Å². The van der Waals surface area contributed by atoms with Gasteiger partial charge in [0.05, 0.1) is 0 Å². The lowest BCUT2D eigenvalue weighted by atomic mass is 9.78. The van der Waals surface area contributed by atoms with E-state index in [2.05, 4.69) is 36.7 Å². The van der Waals surface area contributed by atoms with Gasteiger partial charge in [-0.25, -0.2) is 0 Å². The minimum Gasteiger partial charge on any atom is -0.0885 e. The molecule has 1 aliphatic carbocycles. The maximum Gasteiger partial charge on any atom is 0.0194 e. The van der Waals surface area contributed by atoms with E-state index in [1.807, 2.05) is 0 Å². The first-order valence-electron chi connectivity index (χ1n) is 5.25. The van der Waals surface area contributed by atoms with Crippen LogP contribution in [0.1, 0.15) is 46.5 Å². The highest BCUT2D eigenvalue weighted by Gasteiger charge is 2.24. The molecule has 0 saturated heterocycles. The summed E-state index contributed by atoms with van der Waals surface area (Å²) in [4.78, 5) is 0.720. The van der Waals surface area contributed by atoms with Crippen molar-refractivity contribution in [1.82, 2.24) is 0 Å². The van der Waals surface area contributed by atoms with Crippen molar-refractivity contribution in [3.8, 4) is 0 Å². The van der Waals surface area contributed by atoms with Gasteiger partial charge in [0.1, 0.15) is 0 Å². The van der Waals surface area contributed by atoms with Gasteiger partial charge in [-0.15, -0.1) is 0 Å². The van der Waals surface area contributed by atoms with Gasteiger partial charge in [0.25, 0.3) is 0 Å². The molecule has 72 valence electrons. The van der Waals surface area contributed by atoms with E-state index in [9.17, 15) is 0 Å². The summed E-state index contributed by atoms with van der Waals surface area (Å²) in [6, 6.07) is 0. The highest BCUT2D eigenvalue weighted by atomic mass is 79.9. The summed E-state index contributed by atoms with van der Waals surface area (Å²) in [7, 11) is 0. The summed E-state index contributed by atoms with van der Waals surface area (Å²) in [5, 5.41) is 0. The van der Waals surface area contributed by atoms with Gasteiger partial charge in [-0.05, 0) is 24.2 Å². The van der Waals surface area contributed by atoms with Crippen molar-refractivity contribution in [3.63, 3.8) is 0 Å². The van der Waals surface area contributed by atoms with Crippen LogP contribution in [0, 0.1) is 17.8 Å². The second kappa shape index (κ2) is 4.64. The lowest BCUT2D eigenvalue weighted by molar-refractivity contribution is 0.246. The number of hydrogen-bond acceptors (Lipinski definition) is 0. The lowest BCUT2D eigenvalue weighted by Gasteiger charge is -2.31. The highest BCUT2D eigenvalue weighted by molar-refractivity contribution is 9.09. The molecule has 0 amide bonds. The quantitative estimate of drug-likeness (QED) is 0.637. The Morgan fingerprint density at radius 2 is 1.83 bits per heavy atom. The van der Waals surface area contributed by atoms with Gasteiger partial charge in [-0.2, -0.15) is 0 Å². The summed E-state index contributed by atoms with van der Waals surface area (Å²) in [6.45, 7) is 6.99. The van der Waals surface area contributed by atoms with E-state index in [4.69, 9.17) is 0 Å². The Bertz CT molecular complexity index is 127. The van der Waals surface area contributed by atoms with Crippen molar-refractivity contribution < 1.29 is 0 Å². The largest absolute Gasteiger partial charge is 0.0885 e.